The summed E-state index contributed by atoms with van der Waals surface area (Å²) in [7, 11) is 0. The maximum absolute atomic E-state index is 12.9. The zero-order chi connectivity index (χ0) is 38.4. The largest absolute Gasteiger partial charge is 0.506 e. The van der Waals surface area contributed by atoms with E-state index in [9.17, 15) is 9.90 Å². The highest BCUT2D eigenvalue weighted by atomic mass is 16.5. The number of pyridine rings is 1. The predicted molar refractivity (Wildman–Crippen MR) is 219 cm³/mol. The number of carbonyl (C=O) groups excluding carboxylic acids is 1. The zero-order valence-electron chi connectivity index (χ0n) is 32.4. The minimum absolute atomic E-state index is 0.0543. The average molecular weight is 759 g/mol. The summed E-state index contributed by atoms with van der Waals surface area (Å²) in [6.45, 7) is 0. The van der Waals surface area contributed by atoms with Crippen molar-refractivity contribution in [3.05, 3.63) is 132 Å². The summed E-state index contributed by atoms with van der Waals surface area (Å²) in [6, 6.07) is 33.6. The van der Waals surface area contributed by atoms with E-state index in [-0.39, 0.29) is 16.6 Å². The Morgan fingerprint density at radius 2 is 1.14 bits per heavy atom. The molecule has 290 valence electrons. The third-order valence-corrected chi connectivity index (χ3v) is 15.6. The lowest BCUT2D eigenvalue weighted by Gasteiger charge is -2.74. The van der Waals surface area contributed by atoms with Gasteiger partial charge in [0.25, 0.3) is 0 Å². The number of aromatic hydroxyl groups is 1. The Kier molecular flexibility index (Phi) is 7.87. The van der Waals surface area contributed by atoms with Crippen LogP contribution in [0.2, 0.25) is 0 Å². The van der Waals surface area contributed by atoms with Crippen molar-refractivity contribution in [2.45, 2.75) is 87.9 Å². The van der Waals surface area contributed by atoms with Crippen molar-refractivity contribution in [2.75, 3.05) is 5.73 Å². The van der Waals surface area contributed by atoms with Crippen LogP contribution >= 0.6 is 0 Å². The summed E-state index contributed by atoms with van der Waals surface area (Å²) in [5, 5.41) is 10.4. The molecule has 1 aromatic heterocycles. The molecule has 4 atom stereocenters. The number of anilines is 1. The second-order valence-electron chi connectivity index (χ2n) is 19.1. The summed E-state index contributed by atoms with van der Waals surface area (Å²) in [5.41, 5.74) is 10.3. The van der Waals surface area contributed by atoms with Gasteiger partial charge in [-0.05, 0) is 172 Å². The summed E-state index contributed by atoms with van der Waals surface area (Å²) in [6.07, 6.45) is 18.8. The third kappa shape index (κ3) is 5.74. The molecular formula is C50H50N2O5. The molecule has 8 aliphatic carbocycles. The van der Waals surface area contributed by atoms with Crippen molar-refractivity contribution >= 4 is 11.7 Å². The number of esters is 1. The van der Waals surface area contributed by atoms with Crippen LogP contribution in [0.15, 0.2) is 116 Å². The molecule has 4 aromatic carbocycles. The van der Waals surface area contributed by atoms with Crippen LogP contribution in [0.5, 0.6) is 34.5 Å². The number of nitrogen functional groups attached to an aromatic ring is 1. The number of phenolic OH excluding ortho intramolecular Hbond substituents is 1. The van der Waals surface area contributed by atoms with Gasteiger partial charge in [0, 0.05) is 34.2 Å². The number of aromatic nitrogens is 1. The van der Waals surface area contributed by atoms with Gasteiger partial charge in [0.05, 0.1) is 17.4 Å². The maximum atomic E-state index is 12.9. The minimum Gasteiger partial charge on any atom is -0.506 e. The highest BCUT2D eigenvalue weighted by Crippen LogP contribution is 2.79. The van der Waals surface area contributed by atoms with Gasteiger partial charge in [0.1, 0.15) is 34.5 Å². The summed E-state index contributed by atoms with van der Waals surface area (Å²) < 4.78 is 18.9. The van der Waals surface area contributed by atoms with E-state index in [1.165, 1.54) is 94.4 Å². The number of phenols is 1. The molecule has 8 saturated carbocycles. The van der Waals surface area contributed by atoms with Crippen LogP contribution in [-0.2, 0) is 10.8 Å². The Morgan fingerprint density at radius 3 is 1.67 bits per heavy atom. The Labute approximate surface area is 334 Å². The fraction of sp³-hybridized carbons (Fsp3) is 0.400. The van der Waals surface area contributed by atoms with Gasteiger partial charge >= 0.3 is 5.97 Å². The van der Waals surface area contributed by atoms with Crippen molar-refractivity contribution < 1.29 is 24.1 Å². The molecule has 8 aliphatic rings. The summed E-state index contributed by atoms with van der Waals surface area (Å²) in [5.74, 6) is 6.22. The summed E-state index contributed by atoms with van der Waals surface area (Å²) in [4.78, 5) is 16.9. The molecule has 5 aromatic rings. The molecule has 4 unspecified atom stereocenters. The lowest BCUT2D eigenvalue weighted by Crippen LogP contribution is -2.66. The number of hydrogen-bond acceptors (Lipinski definition) is 7. The van der Waals surface area contributed by atoms with Crippen molar-refractivity contribution in [1.29, 1.82) is 0 Å². The van der Waals surface area contributed by atoms with E-state index in [1.54, 1.807) is 42.6 Å². The van der Waals surface area contributed by atoms with E-state index in [0.717, 1.165) is 40.9 Å². The second-order valence-corrected chi connectivity index (χ2v) is 19.1. The number of hydrogen-bond donors (Lipinski definition) is 2. The van der Waals surface area contributed by atoms with E-state index in [4.69, 9.17) is 19.9 Å². The molecule has 7 heteroatoms. The predicted octanol–water partition coefficient (Wildman–Crippen LogP) is 11.5. The molecule has 57 heavy (non-hydrogen) atoms. The molecule has 0 spiro atoms. The number of rotatable bonds is 9. The van der Waals surface area contributed by atoms with Gasteiger partial charge in [-0.15, -0.1) is 0 Å². The molecule has 0 amide bonds. The van der Waals surface area contributed by atoms with Crippen molar-refractivity contribution in [3.8, 4) is 34.5 Å². The molecule has 3 N–H and O–H groups in total. The van der Waals surface area contributed by atoms with Gasteiger partial charge in [-0.2, -0.15) is 0 Å². The van der Waals surface area contributed by atoms with Crippen molar-refractivity contribution in [2.24, 2.45) is 34.5 Å². The van der Waals surface area contributed by atoms with Crippen LogP contribution < -0.4 is 19.9 Å². The lowest BCUT2D eigenvalue weighted by molar-refractivity contribution is -0.212. The molecule has 8 bridgehead atoms. The fourth-order valence-electron chi connectivity index (χ4n) is 14.5. The van der Waals surface area contributed by atoms with Gasteiger partial charge in [0.2, 0.25) is 0 Å². The minimum atomic E-state index is -0.418. The molecule has 0 aliphatic heterocycles. The number of nitrogens with zero attached hydrogens (tertiary/aromatic N) is 1. The molecule has 0 saturated heterocycles. The highest BCUT2D eigenvalue weighted by molar-refractivity contribution is 5.91. The van der Waals surface area contributed by atoms with Gasteiger partial charge in [-0.25, -0.2) is 4.79 Å². The fourth-order valence-corrected chi connectivity index (χ4v) is 14.5. The number of carbonyl (C=O) groups is 1. The first kappa shape index (κ1) is 34.9. The first-order chi connectivity index (χ1) is 27.7. The van der Waals surface area contributed by atoms with Gasteiger partial charge < -0.3 is 25.1 Å². The standard InChI is InChI=1S/C50H50N2O5/c51-42-16-15-38(20-43(42)53)56-45-10-4-2-8-41(45)48-23-34-19-35(24-48)28-50(27-34,31-48)49-25-32-18-33(26-49)22-47(21-32,30-49)40-7-1-3-9-44(40)55-37-13-11-36(12-14-37)46(54)57-39-6-5-17-52-29-39/h1-17,20,29,32-35,53H,18-19,21-28,30-31,51H2. The second kappa shape index (κ2) is 12.9. The average Bonchev–Trinajstić information content (AvgIpc) is 3.19. The van der Waals surface area contributed by atoms with Crippen molar-refractivity contribution in [1.82, 2.24) is 4.98 Å². The summed E-state index contributed by atoms with van der Waals surface area (Å²) >= 11 is 0. The topological polar surface area (TPSA) is 104 Å². The Hall–Kier alpha value is -5.30. The Bertz CT molecular complexity index is 2330. The van der Waals surface area contributed by atoms with Gasteiger partial charge in [0.15, 0.2) is 0 Å². The van der Waals surface area contributed by atoms with E-state index in [2.05, 4.69) is 53.5 Å². The SMILES string of the molecule is Nc1ccc(Oc2ccccc2C23CC4CC(C2)CC(C25CC6CC(CC(c7ccccc7Oc7ccc(C(=O)Oc8cccnc8)cc7)(C6)C2)C5)(C4)C3)cc1O. The smallest absolute Gasteiger partial charge is 0.343 e. The number of ether oxygens (including phenoxy) is 3. The zero-order valence-corrected chi connectivity index (χ0v) is 32.4. The van der Waals surface area contributed by atoms with Crippen LogP contribution in [0.3, 0.4) is 0 Å². The number of benzene rings is 4. The van der Waals surface area contributed by atoms with Gasteiger partial charge in [-0.1, -0.05) is 36.4 Å². The molecule has 13 rings (SSSR count). The number of para-hydroxylation sites is 2. The molecule has 0 radical (unpaired) electrons. The number of nitrogens with two attached hydrogens (primary N) is 1. The van der Waals surface area contributed by atoms with Crippen LogP contribution in [0.4, 0.5) is 5.69 Å². The van der Waals surface area contributed by atoms with Crippen LogP contribution in [0.1, 0.15) is 98.5 Å². The van der Waals surface area contributed by atoms with Gasteiger partial charge in [-0.3, -0.25) is 4.98 Å². The normalized spacial score (nSPS) is 32.9. The van der Waals surface area contributed by atoms with Crippen molar-refractivity contribution in [3.63, 3.8) is 0 Å². The Balaban J connectivity index is 0.904. The highest BCUT2D eigenvalue weighted by Gasteiger charge is 2.70. The molecule has 1 heterocycles. The molecular weight excluding hydrogens is 709 g/mol. The lowest BCUT2D eigenvalue weighted by atomic mass is 9.30. The first-order valence-corrected chi connectivity index (χ1v) is 21.1. The van der Waals surface area contributed by atoms with E-state index >= 15 is 0 Å². The van der Waals surface area contributed by atoms with E-state index in [0.29, 0.717) is 33.6 Å². The van der Waals surface area contributed by atoms with Crippen LogP contribution in [0, 0.1) is 34.5 Å². The van der Waals surface area contributed by atoms with Crippen LogP contribution in [0.25, 0.3) is 0 Å². The monoisotopic (exact) mass is 758 g/mol. The quantitative estimate of drug-likeness (QED) is 0.0876. The maximum Gasteiger partial charge on any atom is 0.343 e. The van der Waals surface area contributed by atoms with E-state index < -0.39 is 5.97 Å². The van der Waals surface area contributed by atoms with E-state index in [1.807, 2.05) is 18.2 Å². The molecule has 7 nitrogen and oxygen atoms in total. The Morgan fingerprint density at radius 1 is 0.614 bits per heavy atom. The first-order valence-electron chi connectivity index (χ1n) is 21.1. The van der Waals surface area contributed by atoms with Crippen LogP contribution in [-0.4, -0.2) is 16.1 Å². The third-order valence-electron chi connectivity index (χ3n) is 15.6. The molecule has 8 fully saturated rings.